The third kappa shape index (κ3) is 6.86. The largest absolute Gasteiger partial charge is 0.379 e. The van der Waals surface area contributed by atoms with Gasteiger partial charge in [-0.2, -0.15) is 0 Å². The van der Waals surface area contributed by atoms with Crippen LogP contribution in [0.5, 0.6) is 0 Å². The molecule has 0 spiro atoms. The number of hydrogen-bond donors (Lipinski definition) is 0. The van der Waals surface area contributed by atoms with Crippen LogP contribution in [-0.4, -0.2) is 49.3 Å². The molecule has 0 aromatic carbocycles. The SMILES string of the molecule is CCCCOC[C@H]1OC(n2cc[n+](C)c2)[C@@H](OCCCC)[C@@H]1OCCCC. The van der Waals surface area contributed by atoms with Crippen LogP contribution in [0.3, 0.4) is 0 Å². The topological polar surface area (TPSA) is 45.7 Å². The molecule has 0 bridgehead atoms. The van der Waals surface area contributed by atoms with E-state index in [-0.39, 0.29) is 24.5 Å². The maximum Gasteiger partial charge on any atom is 0.245 e. The summed E-state index contributed by atoms with van der Waals surface area (Å²) in [6.07, 6.45) is 12.1. The van der Waals surface area contributed by atoms with Crippen molar-refractivity contribution in [3.8, 4) is 0 Å². The van der Waals surface area contributed by atoms with Crippen molar-refractivity contribution in [2.45, 2.75) is 83.8 Å². The van der Waals surface area contributed by atoms with E-state index >= 15 is 0 Å². The number of hydrogen-bond acceptors (Lipinski definition) is 4. The molecule has 156 valence electrons. The summed E-state index contributed by atoms with van der Waals surface area (Å²) in [5, 5.41) is 0. The summed E-state index contributed by atoms with van der Waals surface area (Å²) in [6, 6.07) is 0. The highest BCUT2D eigenvalue weighted by Crippen LogP contribution is 2.34. The van der Waals surface area contributed by atoms with Gasteiger partial charge in [0.1, 0.15) is 24.6 Å². The van der Waals surface area contributed by atoms with Gasteiger partial charge < -0.3 is 18.9 Å². The van der Waals surface area contributed by atoms with Crippen molar-refractivity contribution in [1.82, 2.24) is 4.57 Å². The molecule has 0 N–H and O–H groups in total. The third-order valence-corrected chi connectivity index (χ3v) is 4.91. The Hall–Kier alpha value is -0.950. The van der Waals surface area contributed by atoms with Crippen LogP contribution in [0.2, 0.25) is 0 Å². The van der Waals surface area contributed by atoms with Crippen LogP contribution >= 0.6 is 0 Å². The molecule has 0 aliphatic carbocycles. The molecule has 2 heterocycles. The fourth-order valence-corrected chi connectivity index (χ4v) is 3.25. The van der Waals surface area contributed by atoms with E-state index in [9.17, 15) is 0 Å². The maximum atomic E-state index is 6.40. The zero-order valence-corrected chi connectivity index (χ0v) is 17.6. The zero-order chi connectivity index (χ0) is 19.5. The molecule has 4 atom stereocenters. The Morgan fingerprint density at radius 1 is 0.926 bits per heavy atom. The Bertz CT molecular complexity index is 508. The molecule has 0 saturated carbocycles. The van der Waals surface area contributed by atoms with Gasteiger partial charge in [0.15, 0.2) is 6.10 Å². The molecule has 1 aromatic rings. The summed E-state index contributed by atoms with van der Waals surface area (Å²) < 4.78 is 28.9. The average molecular weight is 384 g/mol. The van der Waals surface area contributed by atoms with E-state index in [1.54, 1.807) is 0 Å². The first-order chi connectivity index (χ1) is 13.2. The predicted molar refractivity (Wildman–Crippen MR) is 105 cm³/mol. The Labute approximate surface area is 164 Å². The van der Waals surface area contributed by atoms with Crippen molar-refractivity contribution in [2.24, 2.45) is 7.05 Å². The van der Waals surface area contributed by atoms with Crippen LogP contribution < -0.4 is 4.57 Å². The van der Waals surface area contributed by atoms with Crippen LogP contribution in [0.25, 0.3) is 0 Å². The Balaban J connectivity index is 2.10. The van der Waals surface area contributed by atoms with E-state index in [0.29, 0.717) is 6.61 Å². The summed E-state index contributed by atoms with van der Waals surface area (Å²) in [7, 11) is 2.01. The number of unbranched alkanes of at least 4 members (excludes halogenated alkanes) is 3. The van der Waals surface area contributed by atoms with Gasteiger partial charge in [-0.15, -0.1) is 0 Å². The first kappa shape index (κ1) is 22.3. The molecular formula is C21H39N2O4+. The highest BCUT2D eigenvalue weighted by atomic mass is 16.6. The predicted octanol–water partition coefficient (Wildman–Crippen LogP) is 3.40. The quantitative estimate of drug-likeness (QED) is 0.365. The summed E-state index contributed by atoms with van der Waals surface area (Å²) >= 11 is 0. The highest BCUT2D eigenvalue weighted by molar-refractivity contribution is 4.93. The number of nitrogens with zero attached hydrogens (tertiary/aromatic N) is 2. The molecule has 6 heteroatoms. The fourth-order valence-electron chi connectivity index (χ4n) is 3.25. The Morgan fingerprint density at radius 3 is 2.15 bits per heavy atom. The van der Waals surface area contributed by atoms with Gasteiger partial charge in [-0.25, -0.2) is 9.13 Å². The first-order valence-electron chi connectivity index (χ1n) is 10.7. The lowest BCUT2D eigenvalue weighted by atomic mass is 10.1. The standard InChI is InChI=1S/C21H39N2O4/c1-5-8-13-24-16-18-19(25-14-9-6-2)20(26-15-10-7-3)21(27-18)23-12-11-22(4)17-23/h11-12,17-21H,5-10,13-16H2,1-4H3/q+1/t18-,19-,20+,21?/m1/s1. The van der Waals surface area contributed by atoms with Gasteiger partial charge in [0, 0.05) is 19.8 Å². The molecule has 0 radical (unpaired) electrons. The van der Waals surface area contributed by atoms with E-state index in [1.165, 1.54) is 0 Å². The molecule has 1 unspecified atom stereocenters. The number of imidazole rings is 1. The van der Waals surface area contributed by atoms with Crippen molar-refractivity contribution in [2.75, 3.05) is 26.4 Å². The molecule has 6 nitrogen and oxygen atoms in total. The molecule has 2 rings (SSSR count). The second kappa shape index (κ2) is 12.5. The van der Waals surface area contributed by atoms with Crippen LogP contribution in [-0.2, 0) is 26.0 Å². The van der Waals surface area contributed by atoms with Crippen LogP contribution in [0.4, 0.5) is 0 Å². The average Bonchev–Trinajstić information content (AvgIpc) is 3.23. The van der Waals surface area contributed by atoms with Gasteiger partial charge >= 0.3 is 0 Å². The minimum absolute atomic E-state index is 0.104. The first-order valence-corrected chi connectivity index (χ1v) is 10.7. The minimum Gasteiger partial charge on any atom is -0.379 e. The molecule has 1 aliphatic rings. The molecule has 27 heavy (non-hydrogen) atoms. The lowest BCUT2D eigenvalue weighted by Gasteiger charge is -2.23. The van der Waals surface area contributed by atoms with Gasteiger partial charge in [-0.3, -0.25) is 0 Å². The van der Waals surface area contributed by atoms with Gasteiger partial charge in [-0.1, -0.05) is 40.0 Å². The van der Waals surface area contributed by atoms with Crippen molar-refractivity contribution < 1.29 is 23.5 Å². The van der Waals surface area contributed by atoms with E-state index in [1.807, 2.05) is 30.3 Å². The molecular weight excluding hydrogens is 344 g/mol. The van der Waals surface area contributed by atoms with Gasteiger partial charge in [-0.05, 0) is 19.3 Å². The molecule has 1 aromatic heterocycles. The van der Waals surface area contributed by atoms with Crippen molar-refractivity contribution in [1.29, 1.82) is 0 Å². The number of aromatic nitrogens is 2. The van der Waals surface area contributed by atoms with Gasteiger partial charge in [0.05, 0.1) is 13.7 Å². The van der Waals surface area contributed by atoms with Crippen molar-refractivity contribution in [3.63, 3.8) is 0 Å². The lowest BCUT2D eigenvalue weighted by Crippen LogP contribution is -2.39. The van der Waals surface area contributed by atoms with E-state index < -0.39 is 0 Å². The summed E-state index contributed by atoms with van der Waals surface area (Å²) in [5.74, 6) is 0. The number of aryl methyl sites for hydroxylation is 1. The second-order valence-electron chi connectivity index (χ2n) is 7.40. The van der Waals surface area contributed by atoms with Crippen LogP contribution in [0.15, 0.2) is 18.7 Å². The summed E-state index contributed by atoms with van der Waals surface area (Å²) in [4.78, 5) is 0. The van der Waals surface area contributed by atoms with Crippen molar-refractivity contribution >= 4 is 0 Å². The Kier molecular flexibility index (Phi) is 10.3. The fraction of sp³-hybridized carbons (Fsp3) is 0.857. The number of ether oxygens (including phenoxy) is 4. The second-order valence-corrected chi connectivity index (χ2v) is 7.40. The zero-order valence-electron chi connectivity index (χ0n) is 17.6. The van der Waals surface area contributed by atoms with E-state index in [0.717, 1.165) is 58.3 Å². The van der Waals surface area contributed by atoms with E-state index in [4.69, 9.17) is 18.9 Å². The lowest BCUT2D eigenvalue weighted by molar-refractivity contribution is -0.671. The highest BCUT2D eigenvalue weighted by Gasteiger charge is 2.49. The third-order valence-electron chi connectivity index (χ3n) is 4.91. The smallest absolute Gasteiger partial charge is 0.245 e. The van der Waals surface area contributed by atoms with Crippen molar-refractivity contribution in [3.05, 3.63) is 18.7 Å². The maximum absolute atomic E-state index is 6.40. The molecule has 1 aliphatic heterocycles. The molecule has 0 amide bonds. The molecule has 1 fully saturated rings. The molecule has 1 saturated heterocycles. The minimum atomic E-state index is -0.186. The normalized spacial score (nSPS) is 25.3. The summed E-state index contributed by atoms with van der Waals surface area (Å²) in [5.41, 5.74) is 0. The summed E-state index contributed by atoms with van der Waals surface area (Å²) in [6.45, 7) is 9.30. The number of rotatable bonds is 14. The monoisotopic (exact) mass is 383 g/mol. The van der Waals surface area contributed by atoms with Crippen LogP contribution in [0.1, 0.15) is 65.5 Å². The van der Waals surface area contributed by atoms with Gasteiger partial charge in [0.25, 0.3) is 0 Å². The van der Waals surface area contributed by atoms with Crippen LogP contribution in [0, 0.1) is 0 Å². The van der Waals surface area contributed by atoms with E-state index in [2.05, 4.69) is 25.3 Å². The van der Waals surface area contributed by atoms with Gasteiger partial charge in [0.2, 0.25) is 12.6 Å². The Morgan fingerprint density at radius 2 is 1.56 bits per heavy atom.